The van der Waals surface area contributed by atoms with E-state index < -0.39 is 0 Å². The van der Waals surface area contributed by atoms with Crippen LogP contribution in [0.4, 0.5) is 0 Å². The minimum Gasteiger partial charge on any atom is -0.312 e. The van der Waals surface area contributed by atoms with Crippen molar-refractivity contribution in [2.45, 2.75) is 19.8 Å². The molecule has 0 amide bonds. The molecule has 0 bridgehead atoms. The summed E-state index contributed by atoms with van der Waals surface area (Å²) in [6.07, 6.45) is 6.19. The van der Waals surface area contributed by atoms with Gasteiger partial charge in [-0.05, 0) is 31.4 Å². The van der Waals surface area contributed by atoms with Gasteiger partial charge in [-0.1, -0.05) is 60.7 Å². The highest BCUT2D eigenvalue weighted by Crippen LogP contribution is 2.14. The van der Waals surface area contributed by atoms with Crippen LogP contribution < -0.4 is 5.43 Å². The highest BCUT2D eigenvalue weighted by molar-refractivity contribution is 7.09. The van der Waals surface area contributed by atoms with E-state index in [4.69, 9.17) is 5.41 Å². The van der Waals surface area contributed by atoms with Crippen molar-refractivity contribution in [3.8, 4) is 0 Å². The summed E-state index contributed by atoms with van der Waals surface area (Å²) in [5.41, 5.74) is 7.87. The fourth-order valence-electron chi connectivity index (χ4n) is 2.88. The zero-order valence-corrected chi connectivity index (χ0v) is 17.0. The van der Waals surface area contributed by atoms with Gasteiger partial charge in [0.25, 0.3) is 0 Å². The normalized spacial score (nSPS) is 11.7. The second-order valence-corrected chi connectivity index (χ2v) is 7.41. The van der Waals surface area contributed by atoms with E-state index in [1.807, 2.05) is 49.4 Å². The third-order valence-corrected chi connectivity index (χ3v) is 5.05. The zero-order valence-electron chi connectivity index (χ0n) is 16.1. The van der Waals surface area contributed by atoms with Crippen LogP contribution >= 0.6 is 11.3 Å². The predicted molar refractivity (Wildman–Crippen MR) is 120 cm³/mol. The fourth-order valence-corrected chi connectivity index (χ4v) is 3.53. The van der Waals surface area contributed by atoms with Crippen LogP contribution in [0.3, 0.4) is 0 Å². The molecule has 0 radical (unpaired) electrons. The number of nitrogens with one attached hydrogen (secondary N) is 2. The first-order valence-electron chi connectivity index (χ1n) is 9.24. The standard InChI is InChI=1S/C23H24N4S/c1-17-26-21(16-28-17)14-7-6-9-18-10-8-13-20(15-18)23(27-25-2)22(24)19-11-4-3-5-12-19/h3-6,8-13,15-16,24-25H,7,14H2,1-2H3/b9-6+,24-22?,27-23-. The van der Waals surface area contributed by atoms with E-state index in [0.29, 0.717) is 11.4 Å². The maximum atomic E-state index is 8.57. The molecule has 0 spiro atoms. The molecule has 0 fully saturated rings. The average molecular weight is 389 g/mol. The summed E-state index contributed by atoms with van der Waals surface area (Å²) in [5, 5.41) is 16.2. The third kappa shape index (κ3) is 5.24. The van der Waals surface area contributed by atoms with Gasteiger partial charge in [0.1, 0.15) is 5.71 Å². The van der Waals surface area contributed by atoms with E-state index in [9.17, 15) is 0 Å². The molecule has 0 saturated heterocycles. The molecule has 1 heterocycles. The van der Waals surface area contributed by atoms with E-state index in [1.165, 1.54) is 0 Å². The number of hydrogen-bond acceptors (Lipinski definition) is 5. The topological polar surface area (TPSA) is 61.1 Å². The molecule has 1 aromatic heterocycles. The van der Waals surface area contributed by atoms with Crippen LogP contribution in [0, 0.1) is 12.3 Å². The highest BCUT2D eigenvalue weighted by atomic mass is 32.1. The average Bonchev–Trinajstić information content (AvgIpc) is 3.15. The van der Waals surface area contributed by atoms with Gasteiger partial charge in [0.15, 0.2) is 0 Å². The van der Waals surface area contributed by atoms with Crippen molar-refractivity contribution in [1.29, 1.82) is 5.41 Å². The molecule has 4 nitrogen and oxygen atoms in total. The molecule has 3 rings (SSSR count). The van der Waals surface area contributed by atoms with Gasteiger partial charge in [-0.2, -0.15) is 5.10 Å². The molecule has 0 atom stereocenters. The van der Waals surface area contributed by atoms with Crippen molar-refractivity contribution in [3.63, 3.8) is 0 Å². The molecule has 2 N–H and O–H groups in total. The minimum atomic E-state index is 0.398. The van der Waals surface area contributed by atoms with Crippen molar-refractivity contribution in [2.75, 3.05) is 7.05 Å². The number of nitrogens with zero attached hydrogens (tertiary/aromatic N) is 2. The summed E-state index contributed by atoms with van der Waals surface area (Å²) in [4.78, 5) is 4.50. The van der Waals surface area contributed by atoms with Crippen molar-refractivity contribution in [1.82, 2.24) is 10.4 Å². The second kappa shape index (κ2) is 9.76. The highest BCUT2D eigenvalue weighted by Gasteiger charge is 2.12. The molecule has 28 heavy (non-hydrogen) atoms. The van der Waals surface area contributed by atoms with E-state index in [-0.39, 0.29) is 0 Å². The molecule has 2 aromatic carbocycles. The molecule has 3 aromatic rings. The lowest BCUT2D eigenvalue weighted by molar-refractivity contribution is 0.904. The van der Waals surface area contributed by atoms with Gasteiger partial charge in [0, 0.05) is 23.6 Å². The van der Waals surface area contributed by atoms with E-state index in [2.05, 4.69) is 45.2 Å². The van der Waals surface area contributed by atoms with E-state index >= 15 is 0 Å². The number of hydrazone groups is 1. The molecular weight excluding hydrogens is 364 g/mol. The lowest BCUT2D eigenvalue weighted by Crippen LogP contribution is -2.19. The van der Waals surface area contributed by atoms with Crippen molar-refractivity contribution in [2.24, 2.45) is 5.10 Å². The van der Waals surface area contributed by atoms with Gasteiger partial charge in [-0.3, -0.25) is 5.41 Å². The Morgan fingerprint density at radius 3 is 2.64 bits per heavy atom. The van der Waals surface area contributed by atoms with Crippen LogP contribution in [-0.2, 0) is 6.42 Å². The monoisotopic (exact) mass is 388 g/mol. The second-order valence-electron chi connectivity index (χ2n) is 6.35. The molecule has 0 saturated carbocycles. The molecule has 0 aliphatic heterocycles. The first-order valence-corrected chi connectivity index (χ1v) is 10.1. The van der Waals surface area contributed by atoms with Crippen LogP contribution in [-0.4, -0.2) is 23.5 Å². The van der Waals surface area contributed by atoms with Crippen molar-refractivity contribution in [3.05, 3.63) is 93.4 Å². The SMILES string of the molecule is CN/N=C(\C(=N)c1ccccc1)c1cccc(/C=C/CCc2csc(C)n2)c1. The molecule has 0 aliphatic carbocycles. The summed E-state index contributed by atoms with van der Waals surface area (Å²) < 4.78 is 0. The van der Waals surface area contributed by atoms with Crippen LogP contribution in [0.25, 0.3) is 6.08 Å². The largest absolute Gasteiger partial charge is 0.312 e. The van der Waals surface area contributed by atoms with Crippen LogP contribution in [0.1, 0.15) is 33.8 Å². The van der Waals surface area contributed by atoms with Gasteiger partial charge in [0.2, 0.25) is 0 Å². The smallest absolute Gasteiger partial charge is 0.116 e. The fraction of sp³-hybridized carbons (Fsp3) is 0.174. The van der Waals surface area contributed by atoms with Gasteiger partial charge in [-0.25, -0.2) is 4.98 Å². The van der Waals surface area contributed by atoms with E-state index in [1.54, 1.807) is 18.4 Å². The Bertz CT molecular complexity index is 987. The lowest BCUT2D eigenvalue weighted by Gasteiger charge is -2.09. The quantitative estimate of drug-likeness (QED) is 0.417. The summed E-state index contributed by atoms with van der Waals surface area (Å²) in [6.45, 7) is 2.03. The van der Waals surface area contributed by atoms with Gasteiger partial charge >= 0.3 is 0 Å². The van der Waals surface area contributed by atoms with Crippen LogP contribution in [0.5, 0.6) is 0 Å². The summed E-state index contributed by atoms with van der Waals surface area (Å²) in [7, 11) is 1.75. The number of aryl methyl sites for hydroxylation is 2. The first-order chi connectivity index (χ1) is 13.7. The Kier molecular flexibility index (Phi) is 6.87. The van der Waals surface area contributed by atoms with Crippen LogP contribution in [0.2, 0.25) is 0 Å². The Morgan fingerprint density at radius 1 is 1.14 bits per heavy atom. The summed E-state index contributed by atoms with van der Waals surface area (Å²) >= 11 is 1.70. The van der Waals surface area contributed by atoms with Gasteiger partial charge in [-0.15, -0.1) is 11.3 Å². The number of allylic oxidation sites excluding steroid dienone is 1. The van der Waals surface area contributed by atoms with Gasteiger partial charge in [0.05, 0.1) is 16.4 Å². The lowest BCUT2D eigenvalue weighted by atomic mass is 9.98. The van der Waals surface area contributed by atoms with Gasteiger partial charge < -0.3 is 5.43 Å². The summed E-state index contributed by atoms with van der Waals surface area (Å²) in [6, 6.07) is 17.8. The number of thiazole rings is 1. The molecule has 0 aliphatic rings. The maximum absolute atomic E-state index is 8.57. The Hall–Kier alpha value is -3.05. The predicted octanol–water partition coefficient (Wildman–Crippen LogP) is 5.09. The number of aromatic nitrogens is 1. The van der Waals surface area contributed by atoms with Crippen molar-refractivity contribution >= 4 is 28.8 Å². The number of hydrogen-bond donors (Lipinski definition) is 2. The third-order valence-electron chi connectivity index (χ3n) is 4.23. The summed E-state index contributed by atoms with van der Waals surface area (Å²) in [5.74, 6) is 0. The zero-order chi connectivity index (χ0) is 19.8. The Labute approximate surface area is 170 Å². The van der Waals surface area contributed by atoms with Crippen molar-refractivity contribution < 1.29 is 0 Å². The number of benzene rings is 2. The molecule has 142 valence electrons. The molecule has 5 heteroatoms. The maximum Gasteiger partial charge on any atom is 0.116 e. The Morgan fingerprint density at radius 2 is 1.93 bits per heavy atom. The van der Waals surface area contributed by atoms with E-state index in [0.717, 1.165) is 40.2 Å². The molecule has 0 unspecified atom stereocenters. The molecular formula is C23H24N4S. The minimum absolute atomic E-state index is 0.398. The number of rotatable bonds is 8. The van der Waals surface area contributed by atoms with Crippen LogP contribution in [0.15, 0.2) is 71.2 Å². The first kappa shape index (κ1) is 19.7. The Balaban J connectivity index is 1.73.